The number of methoxy groups -OCH3 is 1. The third-order valence-electron chi connectivity index (χ3n) is 2.46. The minimum atomic E-state index is 0.196. The Morgan fingerprint density at radius 2 is 2.29 bits per heavy atom. The minimum absolute atomic E-state index is 0.196. The number of ether oxygens (including phenoxy) is 1. The van der Waals surface area contributed by atoms with Crippen LogP contribution in [0.5, 0.6) is 0 Å². The fourth-order valence-corrected chi connectivity index (χ4v) is 1.63. The van der Waals surface area contributed by atoms with Crippen LogP contribution < -0.4 is 10.2 Å². The summed E-state index contributed by atoms with van der Waals surface area (Å²) in [5.74, 6) is 1.30. The molecule has 0 saturated carbocycles. The summed E-state index contributed by atoms with van der Waals surface area (Å²) < 4.78 is 5.12. The van der Waals surface area contributed by atoms with Crippen molar-refractivity contribution in [1.29, 1.82) is 0 Å². The molecule has 0 saturated heterocycles. The number of rotatable bonds is 6. The summed E-state index contributed by atoms with van der Waals surface area (Å²) >= 11 is 6.10. The number of nitrogens with one attached hydrogen (secondary N) is 1. The van der Waals surface area contributed by atoms with E-state index in [1.54, 1.807) is 13.3 Å². The maximum absolute atomic E-state index is 6.10. The first-order chi connectivity index (χ1) is 8.10. The van der Waals surface area contributed by atoms with Crippen LogP contribution in [-0.4, -0.2) is 43.3 Å². The molecule has 0 fully saturated rings. The zero-order chi connectivity index (χ0) is 12.8. The molecule has 1 aromatic rings. The van der Waals surface area contributed by atoms with Crippen molar-refractivity contribution in [2.24, 2.45) is 0 Å². The Bertz CT molecular complexity index is 361. The standard InChI is InChI=1S/C11H19ClN4O/c1-5-13-11-14-6-9(12)10(15-11)16(3)8(2)7-17-4/h6,8H,5,7H2,1-4H3,(H,13,14,15). The van der Waals surface area contributed by atoms with Gasteiger partial charge in [0, 0.05) is 20.7 Å². The van der Waals surface area contributed by atoms with Gasteiger partial charge in [0.1, 0.15) is 5.02 Å². The number of nitrogens with zero attached hydrogens (tertiary/aromatic N) is 3. The van der Waals surface area contributed by atoms with Gasteiger partial charge in [-0.1, -0.05) is 11.6 Å². The van der Waals surface area contributed by atoms with E-state index in [0.29, 0.717) is 23.4 Å². The van der Waals surface area contributed by atoms with Crippen molar-refractivity contribution in [3.8, 4) is 0 Å². The highest BCUT2D eigenvalue weighted by Crippen LogP contribution is 2.24. The van der Waals surface area contributed by atoms with Crippen molar-refractivity contribution >= 4 is 23.4 Å². The summed E-state index contributed by atoms with van der Waals surface area (Å²) in [6.45, 7) is 5.44. The highest BCUT2D eigenvalue weighted by molar-refractivity contribution is 6.32. The number of likely N-dealkylation sites (N-methyl/N-ethyl adjacent to an activating group) is 1. The summed E-state index contributed by atoms with van der Waals surface area (Å²) in [6, 6.07) is 0.196. The van der Waals surface area contributed by atoms with Crippen LogP contribution in [-0.2, 0) is 4.74 Å². The van der Waals surface area contributed by atoms with Crippen LogP contribution in [0.3, 0.4) is 0 Å². The summed E-state index contributed by atoms with van der Waals surface area (Å²) in [6.07, 6.45) is 1.61. The predicted molar refractivity (Wildman–Crippen MR) is 70.9 cm³/mol. The van der Waals surface area contributed by atoms with Crippen LogP contribution >= 0.6 is 11.6 Å². The Morgan fingerprint density at radius 1 is 1.59 bits per heavy atom. The van der Waals surface area contributed by atoms with Gasteiger partial charge in [0.25, 0.3) is 0 Å². The molecule has 0 bridgehead atoms. The summed E-state index contributed by atoms with van der Waals surface area (Å²) in [5.41, 5.74) is 0. The minimum Gasteiger partial charge on any atom is -0.383 e. The largest absolute Gasteiger partial charge is 0.383 e. The molecule has 0 aliphatic rings. The maximum atomic E-state index is 6.10. The Balaban J connectivity index is 2.90. The zero-order valence-corrected chi connectivity index (χ0v) is 11.5. The highest BCUT2D eigenvalue weighted by Gasteiger charge is 2.15. The third kappa shape index (κ3) is 3.71. The van der Waals surface area contributed by atoms with Gasteiger partial charge in [-0.05, 0) is 13.8 Å². The number of aromatic nitrogens is 2. The monoisotopic (exact) mass is 258 g/mol. The molecule has 1 aromatic heterocycles. The SMILES string of the molecule is CCNc1ncc(Cl)c(N(C)C(C)COC)n1. The van der Waals surface area contributed by atoms with Crippen molar-refractivity contribution in [3.63, 3.8) is 0 Å². The van der Waals surface area contributed by atoms with E-state index < -0.39 is 0 Å². The smallest absolute Gasteiger partial charge is 0.224 e. The average molecular weight is 259 g/mol. The Morgan fingerprint density at radius 3 is 2.88 bits per heavy atom. The van der Waals surface area contributed by atoms with E-state index in [1.807, 2.05) is 18.9 Å². The lowest BCUT2D eigenvalue weighted by atomic mass is 10.3. The lowest BCUT2D eigenvalue weighted by Gasteiger charge is -2.26. The first-order valence-corrected chi connectivity index (χ1v) is 5.96. The van der Waals surface area contributed by atoms with Crippen molar-refractivity contribution in [3.05, 3.63) is 11.2 Å². The van der Waals surface area contributed by atoms with Crippen molar-refractivity contribution in [1.82, 2.24) is 9.97 Å². The van der Waals surface area contributed by atoms with E-state index in [2.05, 4.69) is 22.2 Å². The van der Waals surface area contributed by atoms with E-state index >= 15 is 0 Å². The van der Waals surface area contributed by atoms with E-state index in [-0.39, 0.29) is 6.04 Å². The zero-order valence-electron chi connectivity index (χ0n) is 10.7. The number of halogens is 1. The van der Waals surface area contributed by atoms with Gasteiger partial charge in [0.15, 0.2) is 5.82 Å². The van der Waals surface area contributed by atoms with E-state index in [9.17, 15) is 0 Å². The van der Waals surface area contributed by atoms with Gasteiger partial charge < -0.3 is 15.0 Å². The molecule has 6 heteroatoms. The molecule has 0 amide bonds. The summed E-state index contributed by atoms with van der Waals surface area (Å²) in [7, 11) is 3.61. The third-order valence-corrected chi connectivity index (χ3v) is 2.73. The molecule has 17 heavy (non-hydrogen) atoms. The summed E-state index contributed by atoms with van der Waals surface area (Å²) in [4.78, 5) is 10.5. The van der Waals surface area contributed by atoms with Crippen LogP contribution in [0.4, 0.5) is 11.8 Å². The molecule has 0 aliphatic heterocycles. The van der Waals surface area contributed by atoms with Crippen molar-refractivity contribution in [2.75, 3.05) is 37.5 Å². The quantitative estimate of drug-likeness (QED) is 0.846. The van der Waals surface area contributed by atoms with Gasteiger partial charge in [-0.2, -0.15) is 4.98 Å². The molecular weight excluding hydrogens is 240 g/mol. The first kappa shape index (κ1) is 14.0. The number of anilines is 2. The first-order valence-electron chi connectivity index (χ1n) is 5.58. The molecule has 0 radical (unpaired) electrons. The Labute approximate surface area is 107 Å². The van der Waals surface area contributed by atoms with Gasteiger partial charge in [-0.3, -0.25) is 0 Å². The second kappa shape index (κ2) is 6.61. The van der Waals surface area contributed by atoms with Crippen LogP contribution in [0.25, 0.3) is 0 Å². The second-order valence-electron chi connectivity index (χ2n) is 3.81. The van der Waals surface area contributed by atoms with E-state index in [4.69, 9.17) is 16.3 Å². The van der Waals surface area contributed by atoms with Gasteiger partial charge >= 0.3 is 0 Å². The van der Waals surface area contributed by atoms with Crippen LogP contribution in [0.1, 0.15) is 13.8 Å². The lowest BCUT2D eigenvalue weighted by molar-refractivity contribution is 0.183. The number of hydrogen-bond donors (Lipinski definition) is 1. The molecule has 1 N–H and O–H groups in total. The van der Waals surface area contributed by atoms with E-state index in [0.717, 1.165) is 6.54 Å². The topological polar surface area (TPSA) is 50.3 Å². The molecule has 1 rings (SSSR count). The normalized spacial score (nSPS) is 12.3. The molecule has 1 heterocycles. The molecule has 0 aromatic carbocycles. The summed E-state index contributed by atoms with van der Waals surface area (Å²) in [5, 5.41) is 3.60. The lowest BCUT2D eigenvalue weighted by Crippen LogP contribution is -2.33. The van der Waals surface area contributed by atoms with Gasteiger partial charge in [-0.15, -0.1) is 0 Å². The fraction of sp³-hybridized carbons (Fsp3) is 0.636. The van der Waals surface area contributed by atoms with Crippen LogP contribution in [0.2, 0.25) is 5.02 Å². The van der Waals surface area contributed by atoms with Crippen molar-refractivity contribution < 1.29 is 4.74 Å². The maximum Gasteiger partial charge on any atom is 0.224 e. The van der Waals surface area contributed by atoms with Gasteiger partial charge in [-0.25, -0.2) is 4.98 Å². The van der Waals surface area contributed by atoms with Gasteiger partial charge in [0.2, 0.25) is 5.95 Å². The molecule has 1 atom stereocenters. The second-order valence-corrected chi connectivity index (χ2v) is 4.22. The van der Waals surface area contributed by atoms with E-state index in [1.165, 1.54) is 0 Å². The van der Waals surface area contributed by atoms with Crippen molar-refractivity contribution in [2.45, 2.75) is 19.9 Å². The predicted octanol–water partition coefficient (Wildman–Crippen LogP) is 2.03. The Hall–Kier alpha value is -1.07. The van der Waals surface area contributed by atoms with Gasteiger partial charge in [0.05, 0.1) is 18.8 Å². The number of hydrogen-bond acceptors (Lipinski definition) is 5. The molecule has 1 unspecified atom stereocenters. The average Bonchev–Trinajstić information content (AvgIpc) is 2.31. The highest BCUT2D eigenvalue weighted by atomic mass is 35.5. The molecule has 0 aliphatic carbocycles. The van der Waals surface area contributed by atoms with Crippen LogP contribution in [0, 0.1) is 0 Å². The molecule has 5 nitrogen and oxygen atoms in total. The van der Waals surface area contributed by atoms with Crippen LogP contribution in [0.15, 0.2) is 6.20 Å². The fourth-order valence-electron chi connectivity index (χ4n) is 1.41. The Kier molecular flexibility index (Phi) is 5.44. The molecular formula is C11H19ClN4O. The molecule has 0 spiro atoms. The molecule has 96 valence electrons.